The molecule has 0 atom stereocenters. The van der Waals surface area contributed by atoms with E-state index in [1.807, 2.05) is 30.3 Å². The van der Waals surface area contributed by atoms with Crippen LogP contribution in [-0.4, -0.2) is 12.6 Å². The first kappa shape index (κ1) is 15.3. The van der Waals surface area contributed by atoms with Crippen LogP contribution in [0.5, 0.6) is 0 Å². The molecule has 118 valence electrons. The molecule has 0 unspecified atom stereocenters. The summed E-state index contributed by atoms with van der Waals surface area (Å²) in [7, 11) is 0. The Bertz CT molecular complexity index is 692. The molecule has 0 fully saturated rings. The number of amides is 1. The van der Waals surface area contributed by atoms with Gasteiger partial charge in [-0.15, -0.1) is 0 Å². The van der Waals surface area contributed by atoms with E-state index in [-0.39, 0.29) is 6.09 Å². The van der Waals surface area contributed by atoms with Crippen LogP contribution in [0.25, 0.3) is 6.08 Å². The molecular formula is C20H21NO2. The zero-order chi connectivity index (χ0) is 15.9. The van der Waals surface area contributed by atoms with Crippen molar-refractivity contribution in [1.82, 2.24) is 5.32 Å². The van der Waals surface area contributed by atoms with Crippen molar-refractivity contribution in [2.75, 3.05) is 6.54 Å². The number of alkyl carbamates (subject to hydrolysis) is 1. The number of hydrogen-bond acceptors (Lipinski definition) is 2. The van der Waals surface area contributed by atoms with Crippen molar-refractivity contribution in [3.8, 4) is 0 Å². The summed E-state index contributed by atoms with van der Waals surface area (Å²) in [6.07, 6.45) is 7.02. The van der Waals surface area contributed by atoms with E-state index < -0.39 is 0 Å². The van der Waals surface area contributed by atoms with Crippen molar-refractivity contribution < 1.29 is 9.53 Å². The van der Waals surface area contributed by atoms with Gasteiger partial charge in [-0.1, -0.05) is 60.7 Å². The van der Waals surface area contributed by atoms with Crippen LogP contribution in [0.4, 0.5) is 4.79 Å². The average Bonchev–Trinajstić information content (AvgIpc) is 2.56. The van der Waals surface area contributed by atoms with Gasteiger partial charge in [-0.3, -0.25) is 0 Å². The van der Waals surface area contributed by atoms with Crippen LogP contribution in [0.3, 0.4) is 0 Å². The van der Waals surface area contributed by atoms with E-state index in [0.717, 1.165) is 12.0 Å². The van der Waals surface area contributed by atoms with Crippen LogP contribution in [0.2, 0.25) is 0 Å². The SMILES string of the molecule is O=C(NCCC=Cc1ccc2c(c1)CC2)OCc1ccccc1. The van der Waals surface area contributed by atoms with Crippen LogP contribution in [-0.2, 0) is 24.2 Å². The van der Waals surface area contributed by atoms with Gasteiger partial charge >= 0.3 is 6.09 Å². The fourth-order valence-corrected chi connectivity index (χ4v) is 2.57. The third-order valence-electron chi connectivity index (χ3n) is 4.00. The van der Waals surface area contributed by atoms with E-state index in [1.165, 1.54) is 29.5 Å². The van der Waals surface area contributed by atoms with Gasteiger partial charge in [-0.2, -0.15) is 0 Å². The molecule has 0 radical (unpaired) electrons. The molecule has 2 aromatic rings. The lowest BCUT2D eigenvalue weighted by atomic mass is 9.87. The molecule has 1 aliphatic rings. The molecule has 0 bridgehead atoms. The van der Waals surface area contributed by atoms with Crippen molar-refractivity contribution in [2.45, 2.75) is 25.9 Å². The molecule has 0 spiro atoms. The highest BCUT2D eigenvalue weighted by Gasteiger charge is 2.11. The molecule has 0 aromatic heterocycles. The normalized spacial score (nSPS) is 12.5. The van der Waals surface area contributed by atoms with Crippen LogP contribution in [0, 0.1) is 0 Å². The van der Waals surface area contributed by atoms with E-state index in [4.69, 9.17) is 4.74 Å². The first-order valence-electron chi connectivity index (χ1n) is 8.04. The molecule has 0 saturated carbocycles. The van der Waals surface area contributed by atoms with Gasteiger partial charge in [0, 0.05) is 6.54 Å². The summed E-state index contributed by atoms with van der Waals surface area (Å²) in [6, 6.07) is 16.3. The molecule has 0 saturated heterocycles. The molecule has 1 amide bonds. The van der Waals surface area contributed by atoms with Gasteiger partial charge < -0.3 is 10.1 Å². The Labute approximate surface area is 137 Å². The average molecular weight is 307 g/mol. The Hall–Kier alpha value is -2.55. The molecule has 2 aromatic carbocycles. The summed E-state index contributed by atoms with van der Waals surface area (Å²) < 4.78 is 5.16. The molecule has 1 aliphatic carbocycles. The van der Waals surface area contributed by atoms with Gasteiger partial charge in [-0.05, 0) is 41.5 Å². The third-order valence-corrected chi connectivity index (χ3v) is 4.00. The van der Waals surface area contributed by atoms with Crippen molar-refractivity contribution >= 4 is 12.2 Å². The zero-order valence-electron chi connectivity index (χ0n) is 13.1. The predicted octanol–water partition coefficient (Wildman–Crippen LogP) is 4.11. The number of ether oxygens (including phenoxy) is 1. The van der Waals surface area contributed by atoms with Crippen molar-refractivity contribution in [3.63, 3.8) is 0 Å². The summed E-state index contributed by atoms with van der Waals surface area (Å²) in [6.45, 7) is 0.882. The minimum Gasteiger partial charge on any atom is -0.445 e. The maximum Gasteiger partial charge on any atom is 0.407 e. The number of benzene rings is 2. The minimum absolute atomic E-state index is 0.303. The number of carbonyl (C=O) groups is 1. The van der Waals surface area contributed by atoms with Crippen molar-refractivity contribution in [2.24, 2.45) is 0 Å². The summed E-state index contributed by atoms with van der Waals surface area (Å²) >= 11 is 0. The molecular weight excluding hydrogens is 286 g/mol. The maximum atomic E-state index is 11.6. The second kappa shape index (κ2) is 7.63. The Morgan fingerprint density at radius 1 is 1.09 bits per heavy atom. The highest BCUT2D eigenvalue weighted by Crippen LogP contribution is 2.24. The fourth-order valence-electron chi connectivity index (χ4n) is 2.57. The quantitative estimate of drug-likeness (QED) is 0.815. The van der Waals surface area contributed by atoms with Crippen LogP contribution in [0.15, 0.2) is 54.6 Å². The Morgan fingerprint density at radius 3 is 2.65 bits per heavy atom. The standard InChI is InChI=1S/C20H21NO2/c22-20(23-15-17-7-2-1-3-8-17)21-13-5-4-6-16-9-10-18-11-12-19(18)14-16/h1-4,6-10,14H,5,11-13,15H2,(H,21,22). The minimum atomic E-state index is -0.372. The van der Waals surface area contributed by atoms with E-state index in [1.54, 1.807) is 0 Å². The van der Waals surface area contributed by atoms with Gasteiger partial charge in [0.05, 0.1) is 0 Å². The van der Waals surface area contributed by atoms with Crippen molar-refractivity contribution in [3.05, 3.63) is 76.9 Å². The lowest BCUT2D eigenvalue weighted by Gasteiger charge is -2.18. The van der Waals surface area contributed by atoms with Crippen LogP contribution in [0.1, 0.15) is 28.7 Å². The number of fused-ring (bicyclic) bond motifs is 1. The zero-order valence-corrected chi connectivity index (χ0v) is 13.1. The number of hydrogen-bond donors (Lipinski definition) is 1. The van der Waals surface area contributed by atoms with E-state index in [2.05, 4.69) is 35.7 Å². The van der Waals surface area contributed by atoms with E-state index >= 15 is 0 Å². The second-order valence-corrected chi connectivity index (χ2v) is 5.71. The molecule has 3 rings (SSSR count). The molecule has 1 N–H and O–H groups in total. The first-order valence-corrected chi connectivity index (χ1v) is 8.04. The third kappa shape index (κ3) is 4.46. The lowest BCUT2D eigenvalue weighted by Crippen LogP contribution is -2.24. The summed E-state index contributed by atoms with van der Waals surface area (Å²) in [5.41, 5.74) is 5.16. The first-order chi connectivity index (χ1) is 11.3. The number of aryl methyl sites for hydroxylation is 2. The number of nitrogens with one attached hydrogen (secondary N) is 1. The Kier molecular flexibility index (Phi) is 5.09. The monoisotopic (exact) mass is 307 g/mol. The molecule has 0 heterocycles. The van der Waals surface area contributed by atoms with Gasteiger partial charge in [0.15, 0.2) is 0 Å². The summed E-state index contributed by atoms with van der Waals surface area (Å²) in [4.78, 5) is 11.6. The van der Waals surface area contributed by atoms with Crippen LogP contribution < -0.4 is 5.32 Å². The van der Waals surface area contributed by atoms with E-state index in [9.17, 15) is 4.79 Å². The molecule has 3 nitrogen and oxygen atoms in total. The fraction of sp³-hybridized carbons (Fsp3) is 0.250. The second-order valence-electron chi connectivity index (χ2n) is 5.71. The van der Waals surface area contributed by atoms with Gasteiger partial charge in [-0.25, -0.2) is 4.79 Å². The highest BCUT2D eigenvalue weighted by atomic mass is 16.5. The number of rotatable bonds is 6. The molecule has 0 aliphatic heterocycles. The van der Waals surface area contributed by atoms with Gasteiger partial charge in [0.1, 0.15) is 6.61 Å². The summed E-state index contributed by atoms with van der Waals surface area (Å²) in [5.74, 6) is 0. The summed E-state index contributed by atoms with van der Waals surface area (Å²) in [5, 5.41) is 2.76. The maximum absolute atomic E-state index is 11.6. The molecule has 23 heavy (non-hydrogen) atoms. The Morgan fingerprint density at radius 2 is 1.91 bits per heavy atom. The largest absolute Gasteiger partial charge is 0.445 e. The lowest BCUT2D eigenvalue weighted by molar-refractivity contribution is 0.140. The van der Waals surface area contributed by atoms with Crippen molar-refractivity contribution in [1.29, 1.82) is 0 Å². The highest BCUT2D eigenvalue weighted by molar-refractivity contribution is 5.67. The van der Waals surface area contributed by atoms with Gasteiger partial charge in [0.2, 0.25) is 0 Å². The van der Waals surface area contributed by atoms with E-state index in [0.29, 0.717) is 13.2 Å². The smallest absolute Gasteiger partial charge is 0.407 e. The number of carbonyl (C=O) groups excluding carboxylic acids is 1. The molecule has 3 heteroatoms. The Balaban J connectivity index is 1.33. The van der Waals surface area contributed by atoms with Crippen LogP contribution >= 0.6 is 0 Å². The van der Waals surface area contributed by atoms with Gasteiger partial charge in [0.25, 0.3) is 0 Å². The topological polar surface area (TPSA) is 38.3 Å². The predicted molar refractivity (Wildman–Crippen MR) is 92.1 cm³/mol.